The number of alkyl halides is 12. The van der Waals surface area contributed by atoms with Crippen LogP contribution in [0.2, 0.25) is 0 Å². The largest absolute Gasteiger partial charge is 0.573 e. The Morgan fingerprint density at radius 2 is 0.727 bits per heavy atom. The summed E-state index contributed by atoms with van der Waals surface area (Å²) in [6.45, 7) is 5.34. The molecule has 1 aliphatic carbocycles. The van der Waals surface area contributed by atoms with E-state index in [1.165, 1.54) is 146 Å². The maximum atomic E-state index is 12.3. The molecule has 0 atom stereocenters. The fraction of sp³-hybridized carbons (Fsp3) is 0.262. The zero-order chi connectivity index (χ0) is 70.5. The van der Waals surface area contributed by atoms with Crippen molar-refractivity contribution in [2.45, 2.75) is 103 Å². The lowest BCUT2D eigenvalue weighted by Gasteiger charge is -2.21. The van der Waals surface area contributed by atoms with E-state index in [4.69, 9.17) is 5.73 Å². The fourth-order valence-corrected chi connectivity index (χ4v) is 9.69. The van der Waals surface area contributed by atoms with Crippen molar-refractivity contribution in [1.82, 2.24) is 79.0 Å². The first-order valence-corrected chi connectivity index (χ1v) is 29.7. The molecular formula is C61H55F12N21O5. The van der Waals surface area contributed by atoms with E-state index in [0.29, 0.717) is 86.6 Å². The number of nitrogens with zero attached hydrogens (tertiary/aromatic N) is 16. The van der Waals surface area contributed by atoms with Gasteiger partial charge in [0.15, 0.2) is 22.6 Å². The Labute approximate surface area is 550 Å². The topological polar surface area (TPSA) is 303 Å². The second-order valence-electron chi connectivity index (χ2n) is 21.2. The van der Waals surface area contributed by atoms with Gasteiger partial charge in [-0.2, -0.15) is 20.4 Å². The molecule has 0 spiro atoms. The van der Waals surface area contributed by atoms with Crippen LogP contribution in [-0.2, 0) is 24.4 Å². The summed E-state index contributed by atoms with van der Waals surface area (Å²) in [7, 11) is 0. The summed E-state index contributed by atoms with van der Waals surface area (Å²) in [5, 5.41) is 32.2. The van der Waals surface area contributed by atoms with Crippen LogP contribution in [0, 0.1) is 0 Å². The quantitative estimate of drug-likeness (QED) is 0.0499. The molecule has 12 aromatic rings. The van der Waals surface area contributed by atoms with Crippen molar-refractivity contribution in [3.05, 3.63) is 147 Å². The highest BCUT2D eigenvalue weighted by Gasteiger charge is 2.34. The molecule has 0 unspecified atom stereocenters. The van der Waals surface area contributed by atoms with Gasteiger partial charge in [-0.25, -0.2) is 39.9 Å². The molecule has 13 rings (SSSR count). The highest BCUT2D eigenvalue weighted by Crippen LogP contribution is 2.34. The van der Waals surface area contributed by atoms with Crippen LogP contribution in [0.5, 0.6) is 23.0 Å². The molecule has 26 nitrogen and oxygen atoms in total. The van der Waals surface area contributed by atoms with E-state index < -0.39 is 31.4 Å². The molecule has 1 aliphatic rings. The zero-order valence-corrected chi connectivity index (χ0v) is 51.6. The number of hydrogen-bond donors (Lipinski definition) is 5. The molecule has 0 aliphatic heterocycles. The van der Waals surface area contributed by atoms with Gasteiger partial charge in [-0.15, -0.1) is 52.7 Å². The number of nitrogens with two attached hydrogens (primary N) is 1. The molecule has 4 aromatic carbocycles. The van der Waals surface area contributed by atoms with Gasteiger partial charge in [0.2, 0.25) is 5.91 Å². The van der Waals surface area contributed by atoms with E-state index >= 15 is 0 Å². The smallest absolute Gasteiger partial charge is 0.406 e. The fourth-order valence-electron chi connectivity index (χ4n) is 9.69. The van der Waals surface area contributed by atoms with Crippen LogP contribution in [0.15, 0.2) is 147 Å². The second kappa shape index (κ2) is 30.5. The predicted molar refractivity (Wildman–Crippen MR) is 334 cm³/mol. The summed E-state index contributed by atoms with van der Waals surface area (Å²) in [4.78, 5) is 44.0. The first-order valence-electron chi connectivity index (χ1n) is 29.7. The molecule has 518 valence electrons. The number of primary amides is 1. The summed E-state index contributed by atoms with van der Waals surface area (Å²) >= 11 is 0. The molecule has 6 N–H and O–H groups in total. The molecule has 8 aromatic heterocycles. The highest BCUT2D eigenvalue weighted by molar-refractivity contribution is 5.90. The Hall–Kier alpha value is -11.9. The number of carbonyl (C=O) groups excluding carboxylic acids is 1. The number of aromatic nitrogens is 16. The van der Waals surface area contributed by atoms with Gasteiger partial charge in [0.05, 0.1) is 27.6 Å². The number of rotatable bonds is 18. The van der Waals surface area contributed by atoms with Gasteiger partial charge in [-0.05, 0) is 123 Å². The lowest BCUT2D eigenvalue weighted by Crippen LogP contribution is -2.18. The molecular weight excluding hydrogens is 1330 g/mol. The Bertz CT molecular complexity index is 4640. The van der Waals surface area contributed by atoms with Crippen LogP contribution in [-0.4, -0.2) is 110 Å². The third-order valence-electron chi connectivity index (χ3n) is 13.9. The van der Waals surface area contributed by atoms with Crippen LogP contribution < -0.4 is 45.9 Å². The van der Waals surface area contributed by atoms with E-state index in [0.717, 1.165) is 42.0 Å². The van der Waals surface area contributed by atoms with Crippen LogP contribution in [0.25, 0.3) is 44.1 Å². The standard InChI is InChI=1S/C18H18F3N5O.C15H14F3N5O.C14H11F3N6O2.C14H12F3N5O/c19-18(20,21)27-14-8-6-12(7-9-14)24-16-15-10-26(13-4-2-1-3-5-13)25-17(15)23-11-22-16;1-2-7-23-8-12-13(19-9-20-14(12)22-23)21-10-3-5-11(6-4-10)24-15(16,17)18;15-14(16,17)25-9-3-1-8(2-4-9)21-12-10-5-23(6-11(18)24)22-13(10)20-7-19-12;1-2-22-7-11-12(18-8-19-13(11)21-22)20-9-3-5-10(6-4-9)23-14(15,16)17/h6-11,13H,1-5H2,(H,22,23,24,25);3-6,8-9H,2,7H2,1H3,(H,19,20,21,22);1-5,7H,6H2,(H2,18,24)(H,19,20,21,22);3-8H,2H2,1H3,(H,18,19,20,21). The minimum atomic E-state index is -4.75. The van der Waals surface area contributed by atoms with Gasteiger partial charge in [-0.1, -0.05) is 26.2 Å². The van der Waals surface area contributed by atoms with Crippen molar-refractivity contribution in [1.29, 1.82) is 0 Å². The molecule has 1 fully saturated rings. The third kappa shape index (κ3) is 20.3. The lowest BCUT2D eigenvalue weighted by molar-refractivity contribution is -0.275. The zero-order valence-electron chi connectivity index (χ0n) is 51.6. The van der Waals surface area contributed by atoms with Crippen LogP contribution in [0.4, 0.5) is 98.7 Å². The van der Waals surface area contributed by atoms with Crippen LogP contribution >= 0.6 is 0 Å². The number of ether oxygens (including phenoxy) is 4. The summed E-state index contributed by atoms with van der Waals surface area (Å²) in [6.07, 6.45) is 0.506. The monoisotopic (exact) mass is 1390 g/mol. The lowest BCUT2D eigenvalue weighted by atomic mass is 9.96. The van der Waals surface area contributed by atoms with E-state index in [1.807, 2.05) is 30.9 Å². The molecule has 99 heavy (non-hydrogen) atoms. The van der Waals surface area contributed by atoms with Crippen molar-refractivity contribution in [2.75, 3.05) is 21.3 Å². The SMILES string of the molecule is CCCn1cc2c(Nc3ccc(OC(F)(F)F)cc3)ncnc2n1.CCn1cc2c(Nc3ccc(OC(F)(F)F)cc3)ncnc2n1.FC(F)(F)Oc1ccc(Nc2ncnc3nn(C4CCCCC4)cc23)cc1.NC(=O)Cn1cc2c(Nc3ccc(OC(F)(F)F)cc3)ncnc2n1. The Kier molecular flexibility index (Phi) is 21.5. The summed E-state index contributed by atoms with van der Waals surface area (Å²) < 4.78 is 168. The van der Waals surface area contributed by atoms with Crippen molar-refractivity contribution in [3.63, 3.8) is 0 Å². The van der Waals surface area contributed by atoms with Gasteiger partial charge >= 0.3 is 25.4 Å². The van der Waals surface area contributed by atoms with Crippen molar-refractivity contribution < 1.29 is 76.4 Å². The molecule has 0 radical (unpaired) electrons. The number of anilines is 8. The molecule has 38 heteroatoms. The molecule has 0 bridgehead atoms. The minimum absolute atomic E-state index is 0.112. The number of aryl methyl sites for hydroxylation is 2. The molecule has 8 heterocycles. The van der Waals surface area contributed by atoms with Crippen molar-refractivity contribution in [2.24, 2.45) is 5.73 Å². The van der Waals surface area contributed by atoms with Gasteiger partial charge in [0.25, 0.3) is 0 Å². The second-order valence-corrected chi connectivity index (χ2v) is 21.2. The molecule has 1 saturated carbocycles. The van der Waals surface area contributed by atoms with E-state index in [2.05, 4.69) is 100 Å². The predicted octanol–water partition coefficient (Wildman–Crippen LogP) is 14.3. The first-order chi connectivity index (χ1) is 47.2. The molecule has 0 saturated heterocycles. The summed E-state index contributed by atoms with van der Waals surface area (Å²) in [5.41, 5.74) is 9.38. The Morgan fingerprint density at radius 3 is 1.05 bits per heavy atom. The average Bonchev–Trinajstić information content (AvgIpc) is 1.70. The highest BCUT2D eigenvalue weighted by atomic mass is 19.4. The average molecular weight is 1390 g/mol. The maximum Gasteiger partial charge on any atom is 0.573 e. The maximum absolute atomic E-state index is 12.3. The number of nitrogens with one attached hydrogen (secondary N) is 4. The van der Waals surface area contributed by atoms with E-state index in [-0.39, 0.29) is 29.5 Å². The van der Waals surface area contributed by atoms with Crippen LogP contribution in [0.3, 0.4) is 0 Å². The van der Waals surface area contributed by atoms with E-state index in [1.54, 1.807) is 21.8 Å². The van der Waals surface area contributed by atoms with Crippen LogP contribution in [0.1, 0.15) is 58.4 Å². The Balaban J connectivity index is 0.000000143. The summed E-state index contributed by atoms with van der Waals surface area (Å²) in [5.74, 6) is 0.274. The van der Waals surface area contributed by atoms with Crippen molar-refractivity contribution >= 4 is 96.1 Å². The molecule has 1 amide bonds. The number of carbonyl (C=O) groups is 1. The first kappa shape index (κ1) is 69.9. The van der Waals surface area contributed by atoms with Gasteiger partial charge in [0.1, 0.15) is 78.1 Å². The summed E-state index contributed by atoms with van der Waals surface area (Å²) in [6, 6.07) is 21.8. The Morgan fingerprint density at radius 1 is 0.424 bits per heavy atom. The normalized spacial score (nSPS) is 12.7. The number of benzene rings is 4. The minimum Gasteiger partial charge on any atom is -0.406 e. The van der Waals surface area contributed by atoms with Gasteiger partial charge in [-0.3, -0.25) is 23.5 Å². The van der Waals surface area contributed by atoms with E-state index in [9.17, 15) is 57.5 Å². The third-order valence-corrected chi connectivity index (χ3v) is 13.9. The van der Waals surface area contributed by atoms with Gasteiger partial charge in [0, 0.05) is 60.6 Å². The van der Waals surface area contributed by atoms with Gasteiger partial charge < -0.3 is 45.9 Å². The van der Waals surface area contributed by atoms with Crippen molar-refractivity contribution in [3.8, 4) is 23.0 Å². The number of halogens is 12. The number of amides is 1. The number of fused-ring (bicyclic) bond motifs is 4. The number of hydrogen-bond acceptors (Lipinski definition) is 21.